The zero-order chi connectivity index (χ0) is 6.53. The fraction of sp³-hybridized carbons (Fsp3) is 0.250. The molecule has 0 saturated heterocycles. The summed E-state index contributed by atoms with van der Waals surface area (Å²) in [6, 6.07) is 0. The Hall–Kier alpha value is -1.39. The van der Waals surface area contributed by atoms with Gasteiger partial charge in [0.2, 0.25) is 5.95 Å². The molecule has 0 atom stereocenters. The first-order valence-corrected chi connectivity index (χ1v) is 2.47. The molecular formula is C4H7N5. The highest BCUT2D eigenvalue weighted by molar-refractivity contribution is 5.19. The van der Waals surface area contributed by atoms with E-state index in [-0.39, 0.29) is 0 Å². The molecule has 0 bridgehead atoms. The van der Waals surface area contributed by atoms with Crippen molar-refractivity contribution in [2.75, 3.05) is 12.5 Å². The standard InChI is InChI=1S/C4H7N5/c1-5-9-8-4-6-2-3-7-4/h2-3H,1H3,(H2,5,6,7,8). The van der Waals surface area contributed by atoms with E-state index in [9.17, 15) is 0 Å². The highest BCUT2D eigenvalue weighted by Crippen LogP contribution is 1.92. The molecule has 0 saturated carbocycles. The third-order valence-electron chi connectivity index (χ3n) is 0.754. The number of hydrogen-bond acceptors (Lipinski definition) is 3. The van der Waals surface area contributed by atoms with Crippen LogP contribution in [-0.4, -0.2) is 17.0 Å². The molecule has 0 aliphatic rings. The number of anilines is 1. The van der Waals surface area contributed by atoms with Crippen molar-refractivity contribution in [2.24, 2.45) is 10.3 Å². The van der Waals surface area contributed by atoms with Gasteiger partial charge in [-0.1, -0.05) is 5.22 Å². The molecule has 0 unspecified atom stereocenters. The first-order valence-electron chi connectivity index (χ1n) is 2.47. The van der Waals surface area contributed by atoms with Gasteiger partial charge in [0.1, 0.15) is 0 Å². The average molecular weight is 125 g/mol. The molecular weight excluding hydrogens is 118 g/mol. The van der Waals surface area contributed by atoms with Crippen LogP contribution in [0.1, 0.15) is 0 Å². The van der Waals surface area contributed by atoms with Crippen molar-refractivity contribution in [3.8, 4) is 0 Å². The lowest BCUT2D eigenvalue weighted by Crippen LogP contribution is -1.87. The van der Waals surface area contributed by atoms with Gasteiger partial charge in [0.05, 0.1) is 7.05 Å². The second-order valence-corrected chi connectivity index (χ2v) is 1.35. The van der Waals surface area contributed by atoms with Crippen LogP contribution < -0.4 is 5.43 Å². The van der Waals surface area contributed by atoms with Crippen LogP contribution in [0, 0.1) is 0 Å². The molecule has 9 heavy (non-hydrogen) atoms. The van der Waals surface area contributed by atoms with Gasteiger partial charge in [-0.25, -0.2) is 10.4 Å². The Bertz CT molecular complexity index is 177. The van der Waals surface area contributed by atoms with E-state index in [4.69, 9.17) is 0 Å². The zero-order valence-electron chi connectivity index (χ0n) is 5.00. The lowest BCUT2D eigenvalue weighted by molar-refractivity contribution is 1.05. The van der Waals surface area contributed by atoms with Gasteiger partial charge < -0.3 is 4.98 Å². The molecule has 0 amide bonds. The second-order valence-electron chi connectivity index (χ2n) is 1.35. The molecule has 1 aromatic heterocycles. The van der Waals surface area contributed by atoms with Crippen molar-refractivity contribution in [3.05, 3.63) is 12.4 Å². The van der Waals surface area contributed by atoms with Crippen LogP contribution >= 0.6 is 0 Å². The molecule has 48 valence electrons. The quantitative estimate of drug-likeness (QED) is 0.454. The summed E-state index contributed by atoms with van der Waals surface area (Å²) < 4.78 is 0. The van der Waals surface area contributed by atoms with Gasteiger partial charge in [-0.3, -0.25) is 0 Å². The summed E-state index contributed by atoms with van der Waals surface area (Å²) in [5, 5.41) is 6.96. The molecule has 0 radical (unpaired) electrons. The van der Waals surface area contributed by atoms with Gasteiger partial charge in [-0.15, -0.1) is 0 Å². The van der Waals surface area contributed by atoms with E-state index < -0.39 is 0 Å². The number of H-pyrrole nitrogens is 1. The Balaban J connectivity index is 2.48. The molecule has 5 heteroatoms. The Kier molecular flexibility index (Phi) is 1.79. The topological polar surface area (TPSA) is 65.4 Å². The first-order chi connectivity index (χ1) is 4.43. The van der Waals surface area contributed by atoms with Crippen molar-refractivity contribution in [1.82, 2.24) is 9.97 Å². The van der Waals surface area contributed by atoms with Crippen LogP contribution in [0.4, 0.5) is 5.95 Å². The molecule has 0 aliphatic carbocycles. The molecule has 5 nitrogen and oxygen atoms in total. The zero-order valence-corrected chi connectivity index (χ0v) is 5.00. The average Bonchev–Trinajstić information content (AvgIpc) is 2.34. The van der Waals surface area contributed by atoms with Crippen molar-refractivity contribution in [1.29, 1.82) is 0 Å². The van der Waals surface area contributed by atoms with Crippen LogP contribution in [0.2, 0.25) is 0 Å². The lowest BCUT2D eigenvalue weighted by Gasteiger charge is -1.87. The summed E-state index contributed by atoms with van der Waals surface area (Å²) in [7, 11) is 1.58. The Labute approximate surface area is 52.2 Å². The van der Waals surface area contributed by atoms with Crippen molar-refractivity contribution >= 4 is 5.95 Å². The minimum Gasteiger partial charge on any atom is -0.330 e. The molecule has 0 aromatic carbocycles. The SMILES string of the molecule is CN=NNc1ncc[nH]1. The maximum Gasteiger partial charge on any atom is 0.222 e. The minimum atomic E-state index is 0.598. The van der Waals surface area contributed by atoms with Crippen molar-refractivity contribution < 1.29 is 0 Å². The maximum atomic E-state index is 3.83. The third-order valence-corrected chi connectivity index (χ3v) is 0.754. The molecule has 0 spiro atoms. The van der Waals surface area contributed by atoms with Crippen LogP contribution in [-0.2, 0) is 0 Å². The fourth-order valence-corrected chi connectivity index (χ4v) is 0.424. The summed E-state index contributed by atoms with van der Waals surface area (Å²) in [6.07, 6.45) is 3.33. The molecule has 1 rings (SSSR count). The van der Waals surface area contributed by atoms with E-state index in [1.54, 1.807) is 19.4 Å². The van der Waals surface area contributed by atoms with E-state index in [0.717, 1.165) is 0 Å². The van der Waals surface area contributed by atoms with Gasteiger partial charge in [0.25, 0.3) is 0 Å². The summed E-state index contributed by atoms with van der Waals surface area (Å²) in [4.78, 5) is 6.63. The largest absolute Gasteiger partial charge is 0.330 e. The van der Waals surface area contributed by atoms with E-state index in [1.165, 1.54) is 0 Å². The van der Waals surface area contributed by atoms with Gasteiger partial charge >= 0.3 is 0 Å². The molecule has 1 aromatic rings. The number of imidazole rings is 1. The highest BCUT2D eigenvalue weighted by Gasteiger charge is 1.85. The van der Waals surface area contributed by atoms with Gasteiger partial charge in [-0.05, 0) is 0 Å². The number of nitrogens with zero attached hydrogens (tertiary/aromatic N) is 3. The van der Waals surface area contributed by atoms with Gasteiger partial charge in [-0.2, -0.15) is 5.11 Å². The number of rotatable bonds is 2. The number of hydrogen-bond donors (Lipinski definition) is 2. The Morgan fingerprint density at radius 1 is 1.78 bits per heavy atom. The van der Waals surface area contributed by atoms with Crippen LogP contribution in [0.3, 0.4) is 0 Å². The summed E-state index contributed by atoms with van der Waals surface area (Å²) in [5.41, 5.74) is 2.57. The van der Waals surface area contributed by atoms with Crippen LogP contribution in [0.15, 0.2) is 22.7 Å². The number of aromatic nitrogens is 2. The summed E-state index contributed by atoms with van der Waals surface area (Å²) >= 11 is 0. The normalized spacial score (nSPS) is 10.3. The van der Waals surface area contributed by atoms with Gasteiger partial charge in [0.15, 0.2) is 0 Å². The van der Waals surface area contributed by atoms with Crippen LogP contribution in [0.5, 0.6) is 0 Å². The van der Waals surface area contributed by atoms with Crippen molar-refractivity contribution in [2.45, 2.75) is 0 Å². The van der Waals surface area contributed by atoms with E-state index in [1.807, 2.05) is 0 Å². The lowest BCUT2D eigenvalue weighted by atomic mass is 11.0. The first kappa shape index (κ1) is 5.74. The predicted molar refractivity (Wildman–Crippen MR) is 33.0 cm³/mol. The third kappa shape index (κ3) is 1.52. The van der Waals surface area contributed by atoms with Crippen molar-refractivity contribution in [3.63, 3.8) is 0 Å². The Morgan fingerprint density at radius 2 is 2.67 bits per heavy atom. The number of nitrogens with one attached hydrogen (secondary N) is 2. The molecule has 0 aliphatic heterocycles. The van der Waals surface area contributed by atoms with E-state index in [0.29, 0.717) is 5.95 Å². The molecule has 1 heterocycles. The monoisotopic (exact) mass is 125 g/mol. The predicted octanol–water partition coefficient (Wildman–Crippen LogP) is 0.819. The van der Waals surface area contributed by atoms with Crippen LogP contribution in [0.25, 0.3) is 0 Å². The second kappa shape index (κ2) is 2.81. The maximum absolute atomic E-state index is 3.83. The van der Waals surface area contributed by atoms with E-state index >= 15 is 0 Å². The Morgan fingerprint density at radius 3 is 3.22 bits per heavy atom. The van der Waals surface area contributed by atoms with Gasteiger partial charge in [0, 0.05) is 12.4 Å². The summed E-state index contributed by atoms with van der Waals surface area (Å²) in [5.74, 6) is 0.598. The molecule has 2 N–H and O–H groups in total. The summed E-state index contributed by atoms with van der Waals surface area (Å²) in [6.45, 7) is 0. The number of aromatic amines is 1. The fourth-order valence-electron chi connectivity index (χ4n) is 0.424. The van der Waals surface area contributed by atoms with E-state index in [2.05, 4.69) is 25.7 Å². The highest BCUT2D eigenvalue weighted by atomic mass is 15.4. The smallest absolute Gasteiger partial charge is 0.222 e. The minimum absolute atomic E-state index is 0.598. The molecule has 0 fully saturated rings.